The fourth-order valence-corrected chi connectivity index (χ4v) is 4.50. The van der Waals surface area contributed by atoms with Gasteiger partial charge in [-0.25, -0.2) is 0 Å². The van der Waals surface area contributed by atoms with Crippen molar-refractivity contribution in [3.8, 4) is 5.75 Å². The summed E-state index contributed by atoms with van der Waals surface area (Å²) in [6.07, 6.45) is 3.97. The maximum atomic E-state index is 12.7. The predicted octanol–water partition coefficient (Wildman–Crippen LogP) is 5.01. The van der Waals surface area contributed by atoms with Gasteiger partial charge in [-0.15, -0.1) is 0 Å². The Labute approximate surface area is 200 Å². The van der Waals surface area contributed by atoms with Gasteiger partial charge >= 0.3 is 0 Å². The summed E-state index contributed by atoms with van der Waals surface area (Å²) >= 11 is 6.64. The molecule has 10 heteroatoms. The molecule has 1 heterocycles. The van der Waals surface area contributed by atoms with Crippen LogP contribution in [0.1, 0.15) is 36.8 Å². The molecular formula is C23H23N3O5S2. The first-order chi connectivity index (χ1) is 15.7. The largest absolute Gasteiger partial charge is 0.506 e. The van der Waals surface area contributed by atoms with Gasteiger partial charge in [0.2, 0.25) is 5.91 Å². The van der Waals surface area contributed by atoms with Gasteiger partial charge in [0.15, 0.2) is 0 Å². The molecular weight excluding hydrogens is 462 g/mol. The van der Waals surface area contributed by atoms with Crippen LogP contribution < -0.4 is 5.32 Å². The monoisotopic (exact) mass is 485 g/mol. The molecule has 0 spiro atoms. The number of aryl methyl sites for hydroxylation is 1. The van der Waals surface area contributed by atoms with Crippen molar-refractivity contribution >= 4 is 57.6 Å². The number of phenols is 1. The highest BCUT2D eigenvalue weighted by Gasteiger charge is 2.31. The lowest BCUT2D eigenvalue weighted by Gasteiger charge is -2.14. The quantitative estimate of drug-likeness (QED) is 0.128. The van der Waals surface area contributed by atoms with Gasteiger partial charge in [-0.05, 0) is 37.5 Å². The Morgan fingerprint density at radius 3 is 2.64 bits per heavy atom. The zero-order valence-electron chi connectivity index (χ0n) is 17.9. The van der Waals surface area contributed by atoms with Crippen LogP contribution in [0, 0.1) is 17.0 Å². The molecule has 1 saturated heterocycles. The highest BCUT2D eigenvalue weighted by molar-refractivity contribution is 8.26. The molecule has 0 saturated carbocycles. The third kappa shape index (κ3) is 6.62. The normalized spacial score (nSPS) is 14.7. The molecule has 0 radical (unpaired) electrons. The van der Waals surface area contributed by atoms with E-state index in [0.29, 0.717) is 35.0 Å². The molecule has 0 unspecified atom stereocenters. The number of phenolic OH excluding ortho intramolecular Hbond substituents is 1. The third-order valence-corrected chi connectivity index (χ3v) is 6.38. The first kappa shape index (κ1) is 24.4. The van der Waals surface area contributed by atoms with E-state index in [1.807, 2.05) is 37.3 Å². The van der Waals surface area contributed by atoms with Crippen LogP contribution in [0.25, 0.3) is 6.08 Å². The van der Waals surface area contributed by atoms with Crippen molar-refractivity contribution < 1.29 is 19.6 Å². The molecule has 1 aliphatic heterocycles. The molecule has 172 valence electrons. The predicted molar refractivity (Wildman–Crippen MR) is 133 cm³/mol. The van der Waals surface area contributed by atoms with Crippen molar-refractivity contribution in [2.24, 2.45) is 0 Å². The van der Waals surface area contributed by atoms with Gasteiger partial charge in [0, 0.05) is 25.1 Å². The minimum absolute atomic E-state index is 0.00660. The Morgan fingerprint density at radius 2 is 1.94 bits per heavy atom. The van der Waals surface area contributed by atoms with E-state index in [0.717, 1.165) is 23.3 Å². The van der Waals surface area contributed by atoms with Gasteiger partial charge in [0.25, 0.3) is 11.6 Å². The molecule has 2 N–H and O–H groups in total. The van der Waals surface area contributed by atoms with Crippen molar-refractivity contribution in [3.63, 3.8) is 0 Å². The molecule has 1 aliphatic rings. The Bertz CT molecular complexity index is 1120. The van der Waals surface area contributed by atoms with Crippen LogP contribution in [0.4, 0.5) is 11.4 Å². The number of non-ortho nitro benzene ring substituents is 1. The van der Waals surface area contributed by atoms with Gasteiger partial charge in [0.05, 0.1) is 15.5 Å². The number of unbranched alkanes of at least 4 members (excludes halogenated alkanes) is 2. The van der Waals surface area contributed by atoms with E-state index >= 15 is 0 Å². The Balaban J connectivity index is 1.43. The van der Waals surface area contributed by atoms with E-state index in [1.165, 1.54) is 17.8 Å². The fraction of sp³-hybridized carbons (Fsp3) is 0.261. The number of hydrogen-bond donors (Lipinski definition) is 2. The fourth-order valence-electron chi connectivity index (χ4n) is 3.19. The van der Waals surface area contributed by atoms with E-state index in [4.69, 9.17) is 12.2 Å². The molecule has 8 nitrogen and oxygen atoms in total. The van der Waals surface area contributed by atoms with Crippen LogP contribution in [0.2, 0.25) is 0 Å². The Kier molecular flexibility index (Phi) is 8.18. The summed E-state index contributed by atoms with van der Waals surface area (Å²) in [5.74, 6) is -0.691. The van der Waals surface area contributed by atoms with E-state index in [2.05, 4.69) is 5.32 Å². The van der Waals surface area contributed by atoms with Crippen molar-refractivity contribution in [3.05, 3.63) is 68.6 Å². The van der Waals surface area contributed by atoms with Crippen molar-refractivity contribution in [1.29, 1.82) is 0 Å². The van der Waals surface area contributed by atoms with Crippen LogP contribution in [0.3, 0.4) is 0 Å². The molecule has 1 fully saturated rings. The molecule has 0 aliphatic carbocycles. The van der Waals surface area contributed by atoms with Gasteiger partial charge < -0.3 is 10.4 Å². The van der Waals surface area contributed by atoms with E-state index in [-0.39, 0.29) is 35.4 Å². The lowest BCUT2D eigenvalue weighted by Crippen LogP contribution is -2.29. The third-order valence-electron chi connectivity index (χ3n) is 5.00. The van der Waals surface area contributed by atoms with Gasteiger partial charge in [-0.2, -0.15) is 0 Å². The standard InChI is InChI=1S/C23H23N3O5S2/c1-15-6-8-16(9-7-15)13-20-22(29)25(23(32)33-20)12-4-2-3-5-21(28)24-18-14-17(26(30)31)10-11-19(18)27/h6-11,13-14,27H,2-5,12H2,1H3,(H,24,28). The minimum Gasteiger partial charge on any atom is -0.506 e. The average molecular weight is 486 g/mol. The second-order valence-electron chi connectivity index (χ2n) is 7.56. The number of nitrogens with zero attached hydrogens (tertiary/aromatic N) is 2. The summed E-state index contributed by atoms with van der Waals surface area (Å²) in [5, 5.41) is 23.1. The highest BCUT2D eigenvalue weighted by Crippen LogP contribution is 2.33. The average Bonchev–Trinajstić information content (AvgIpc) is 3.03. The van der Waals surface area contributed by atoms with Crippen molar-refractivity contribution in [1.82, 2.24) is 4.90 Å². The van der Waals surface area contributed by atoms with Crippen molar-refractivity contribution in [2.45, 2.75) is 32.6 Å². The molecule has 0 bridgehead atoms. The first-order valence-corrected chi connectivity index (χ1v) is 11.6. The summed E-state index contributed by atoms with van der Waals surface area (Å²) in [6, 6.07) is 11.3. The summed E-state index contributed by atoms with van der Waals surface area (Å²) in [5.41, 5.74) is 1.88. The first-order valence-electron chi connectivity index (χ1n) is 10.3. The number of nitrogens with one attached hydrogen (secondary N) is 1. The lowest BCUT2D eigenvalue weighted by atomic mass is 10.1. The molecule has 2 aromatic rings. The highest BCUT2D eigenvalue weighted by atomic mass is 32.2. The maximum absolute atomic E-state index is 12.7. The number of thiocarbonyl (C=S) groups is 1. The SMILES string of the molecule is Cc1ccc(C=C2SC(=S)N(CCCCCC(=O)Nc3cc([N+](=O)[O-])ccc3O)C2=O)cc1. The zero-order chi connectivity index (χ0) is 24.0. The number of thioether (sulfide) groups is 1. The Morgan fingerprint density at radius 1 is 1.21 bits per heavy atom. The van der Waals surface area contributed by atoms with Gasteiger partial charge in [0.1, 0.15) is 10.1 Å². The van der Waals surface area contributed by atoms with Crippen LogP contribution in [0.5, 0.6) is 5.75 Å². The van der Waals surface area contributed by atoms with Gasteiger partial charge in [-0.1, -0.05) is 60.2 Å². The number of hydrogen-bond acceptors (Lipinski definition) is 7. The topological polar surface area (TPSA) is 113 Å². The smallest absolute Gasteiger partial charge is 0.271 e. The number of benzene rings is 2. The maximum Gasteiger partial charge on any atom is 0.271 e. The summed E-state index contributed by atoms with van der Waals surface area (Å²) < 4.78 is 0.525. The molecule has 0 aromatic heterocycles. The number of carbonyl (C=O) groups is 2. The van der Waals surface area contributed by atoms with E-state index in [9.17, 15) is 24.8 Å². The number of rotatable bonds is 9. The number of nitro groups is 1. The second-order valence-corrected chi connectivity index (χ2v) is 9.24. The molecule has 3 rings (SSSR count). The molecule has 2 aromatic carbocycles. The zero-order valence-corrected chi connectivity index (χ0v) is 19.6. The molecule has 0 atom stereocenters. The van der Waals surface area contributed by atoms with Crippen molar-refractivity contribution in [2.75, 3.05) is 11.9 Å². The van der Waals surface area contributed by atoms with E-state index in [1.54, 1.807) is 4.90 Å². The molecule has 2 amide bonds. The van der Waals surface area contributed by atoms with Crippen LogP contribution >= 0.6 is 24.0 Å². The van der Waals surface area contributed by atoms with Crippen LogP contribution in [-0.4, -0.2) is 37.6 Å². The summed E-state index contributed by atoms with van der Waals surface area (Å²) in [7, 11) is 0. The Hall–Kier alpha value is -3.24. The number of carbonyl (C=O) groups excluding carboxylic acids is 2. The van der Waals surface area contributed by atoms with E-state index < -0.39 is 4.92 Å². The van der Waals surface area contributed by atoms with Crippen LogP contribution in [0.15, 0.2) is 47.4 Å². The number of anilines is 1. The summed E-state index contributed by atoms with van der Waals surface area (Å²) in [6.45, 7) is 2.48. The number of aromatic hydroxyl groups is 1. The summed E-state index contributed by atoms with van der Waals surface area (Å²) in [4.78, 5) is 37.2. The second kappa shape index (κ2) is 11.1. The minimum atomic E-state index is -0.598. The van der Waals surface area contributed by atoms with Gasteiger partial charge in [-0.3, -0.25) is 24.6 Å². The number of nitro benzene ring substituents is 1. The lowest BCUT2D eigenvalue weighted by molar-refractivity contribution is -0.384. The molecule has 33 heavy (non-hydrogen) atoms. The number of amides is 2. The van der Waals surface area contributed by atoms with Crippen LogP contribution in [-0.2, 0) is 9.59 Å².